The summed E-state index contributed by atoms with van der Waals surface area (Å²) in [7, 11) is 0. The van der Waals surface area contributed by atoms with E-state index in [-0.39, 0.29) is 23.8 Å². The van der Waals surface area contributed by atoms with Gasteiger partial charge in [0.15, 0.2) is 17.1 Å². The average molecular weight is 433 g/mol. The lowest BCUT2D eigenvalue weighted by molar-refractivity contribution is 0.196. The number of benzene rings is 2. The number of aliphatic imine (C=N–C) groups is 1. The van der Waals surface area contributed by atoms with Crippen LogP contribution in [0, 0.1) is 11.2 Å². The molecule has 2 aliphatic rings. The van der Waals surface area contributed by atoms with Gasteiger partial charge in [-0.2, -0.15) is 0 Å². The number of aromatic nitrogens is 1. The van der Waals surface area contributed by atoms with Crippen molar-refractivity contribution in [2.75, 3.05) is 13.2 Å². The molecule has 1 atom stereocenters. The van der Waals surface area contributed by atoms with E-state index in [4.69, 9.17) is 19.9 Å². The molecule has 2 N–H and O–H groups in total. The number of hydrogen-bond donors (Lipinski definition) is 1. The van der Waals surface area contributed by atoms with Crippen LogP contribution in [0.15, 0.2) is 59.9 Å². The Morgan fingerprint density at radius 3 is 2.66 bits per heavy atom. The Kier molecular flexibility index (Phi) is 4.58. The Balaban J connectivity index is 1.66. The first-order chi connectivity index (χ1) is 15.2. The molecule has 1 aromatic heterocycles. The van der Waals surface area contributed by atoms with Gasteiger partial charge >= 0.3 is 0 Å². The fourth-order valence-corrected chi connectivity index (χ4v) is 3.98. The first-order valence-electron chi connectivity index (χ1n) is 10.4. The molecule has 0 fully saturated rings. The Labute approximate surface area is 185 Å². The molecule has 6 nitrogen and oxygen atoms in total. The molecule has 3 heterocycles. The Morgan fingerprint density at radius 1 is 1.12 bits per heavy atom. The third kappa shape index (κ3) is 3.43. The van der Waals surface area contributed by atoms with Crippen LogP contribution in [0.1, 0.15) is 31.9 Å². The molecule has 3 aromatic rings. The van der Waals surface area contributed by atoms with Crippen molar-refractivity contribution in [1.82, 2.24) is 4.98 Å². The van der Waals surface area contributed by atoms with E-state index in [1.165, 1.54) is 6.07 Å². The summed E-state index contributed by atoms with van der Waals surface area (Å²) in [6.45, 7) is 6.73. The molecule has 2 aliphatic heterocycles. The van der Waals surface area contributed by atoms with Gasteiger partial charge in [-0.3, -0.25) is 4.98 Å². The van der Waals surface area contributed by atoms with Gasteiger partial charge < -0.3 is 19.9 Å². The minimum absolute atomic E-state index is 0.0528. The summed E-state index contributed by atoms with van der Waals surface area (Å²) in [5.41, 5.74) is 7.99. The van der Waals surface area contributed by atoms with Gasteiger partial charge in [0.05, 0.1) is 6.61 Å². The summed E-state index contributed by atoms with van der Waals surface area (Å²) in [4.78, 5) is 8.85. The molecule has 0 bridgehead atoms. The van der Waals surface area contributed by atoms with Crippen LogP contribution in [0.25, 0.3) is 11.1 Å². The zero-order valence-corrected chi connectivity index (χ0v) is 18.2. The van der Waals surface area contributed by atoms with Gasteiger partial charge in [-0.15, -0.1) is 0 Å². The van der Waals surface area contributed by atoms with Gasteiger partial charge in [-0.1, -0.05) is 32.9 Å². The quantitative estimate of drug-likeness (QED) is 0.628. The lowest BCUT2D eigenvalue weighted by atomic mass is 9.80. The maximum absolute atomic E-state index is 15.2. The normalized spacial score (nSPS) is 18.9. The van der Waals surface area contributed by atoms with E-state index < -0.39 is 11.4 Å². The standard InChI is InChI=1S/C25H24FN3O3/c1-24(2,3)13-30-17-10-19-22(20(26)11-17)32-21-7-6-15(16-5-4-8-28-12-16)9-18(21)25(19)14-31-23(27)29-25/h4-12H,13-14H2,1-3H3,(H2,27,29)/t25-/m0/s1. The molecule has 0 radical (unpaired) electrons. The van der Waals surface area contributed by atoms with E-state index in [1.54, 1.807) is 18.5 Å². The highest BCUT2D eigenvalue weighted by Gasteiger charge is 2.48. The summed E-state index contributed by atoms with van der Waals surface area (Å²) >= 11 is 0. The highest BCUT2D eigenvalue weighted by Crippen LogP contribution is 2.53. The number of pyridine rings is 1. The van der Waals surface area contributed by atoms with Gasteiger partial charge in [-0.25, -0.2) is 9.38 Å². The second kappa shape index (κ2) is 7.22. The van der Waals surface area contributed by atoms with Crippen LogP contribution in [-0.2, 0) is 10.3 Å². The van der Waals surface area contributed by atoms with E-state index in [0.717, 1.165) is 16.7 Å². The minimum Gasteiger partial charge on any atom is -0.493 e. The monoisotopic (exact) mass is 433 g/mol. The van der Waals surface area contributed by atoms with Gasteiger partial charge in [0.25, 0.3) is 6.02 Å². The van der Waals surface area contributed by atoms with Crippen molar-refractivity contribution in [3.05, 3.63) is 71.8 Å². The minimum atomic E-state index is -1.03. The average Bonchev–Trinajstić information content (AvgIpc) is 3.15. The molecular weight excluding hydrogens is 409 g/mol. The largest absolute Gasteiger partial charge is 0.493 e. The van der Waals surface area contributed by atoms with Crippen molar-refractivity contribution >= 4 is 6.02 Å². The molecule has 0 unspecified atom stereocenters. The molecule has 5 rings (SSSR count). The molecule has 1 spiro atoms. The van der Waals surface area contributed by atoms with Gasteiger partial charge in [0, 0.05) is 35.2 Å². The number of amidine groups is 1. The third-order valence-corrected chi connectivity index (χ3v) is 5.50. The Hall–Kier alpha value is -3.61. The number of ether oxygens (including phenoxy) is 3. The zero-order chi connectivity index (χ0) is 22.5. The van der Waals surface area contributed by atoms with E-state index in [0.29, 0.717) is 23.7 Å². The summed E-state index contributed by atoms with van der Waals surface area (Å²) < 4.78 is 32.7. The highest BCUT2D eigenvalue weighted by molar-refractivity contribution is 5.78. The Morgan fingerprint density at radius 2 is 1.97 bits per heavy atom. The summed E-state index contributed by atoms with van der Waals surface area (Å²) in [5, 5.41) is 0. The molecule has 32 heavy (non-hydrogen) atoms. The van der Waals surface area contributed by atoms with Crippen molar-refractivity contribution in [3.8, 4) is 28.4 Å². The highest BCUT2D eigenvalue weighted by atomic mass is 19.1. The number of nitrogens with zero attached hydrogens (tertiary/aromatic N) is 2. The molecule has 7 heteroatoms. The number of rotatable bonds is 3. The SMILES string of the molecule is CC(C)(C)COc1cc(F)c2c(c1)[C@]1(COC(N)=N1)c1cc(-c3cccnc3)ccc1O2. The summed E-state index contributed by atoms with van der Waals surface area (Å²) in [6, 6.07) is 12.7. The van der Waals surface area contributed by atoms with Crippen LogP contribution in [-0.4, -0.2) is 24.2 Å². The van der Waals surface area contributed by atoms with Crippen LogP contribution >= 0.6 is 0 Å². The summed E-state index contributed by atoms with van der Waals surface area (Å²) in [5.74, 6) is 0.506. The first kappa shape index (κ1) is 20.3. The van der Waals surface area contributed by atoms with Crippen LogP contribution in [0.3, 0.4) is 0 Å². The zero-order valence-electron chi connectivity index (χ0n) is 18.2. The second-order valence-electron chi connectivity index (χ2n) is 9.28. The molecule has 0 aliphatic carbocycles. The van der Waals surface area contributed by atoms with Gasteiger partial charge in [0.1, 0.15) is 18.1 Å². The molecule has 164 valence electrons. The summed E-state index contributed by atoms with van der Waals surface area (Å²) in [6.07, 6.45) is 3.51. The predicted octanol–water partition coefficient (Wildman–Crippen LogP) is 5.01. The van der Waals surface area contributed by atoms with Crippen molar-refractivity contribution in [3.63, 3.8) is 0 Å². The number of nitrogens with two attached hydrogens (primary N) is 1. The second-order valence-corrected chi connectivity index (χ2v) is 9.28. The van der Waals surface area contributed by atoms with Crippen LogP contribution in [0.2, 0.25) is 0 Å². The first-order valence-corrected chi connectivity index (χ1v) is 10.4. The lowest BCUT2D eigenvalue weighted by Gasteiger charge is -2.34. The topological polar surface area (TPSA) is 79.0 Å². The lowest BCUT2D eigenvalue weighted by Crippen LogP contribution is -2.31. The van der Waals surface area contributed by atoms with Crippen molar-refractivity contribution < 1.29 is 18.6 Å². The third-order valence-electron chi connectivity index (χ3n) is 5.50. The van der Waals surface area contributed by atoms with Crippen molar-refractivity contribution in [2.45, 2.75) is 26.3 Å². The van der Waals surface area contributed by atoms with Crippen LogP contribution in [0.4, 0.5) is 4.39 Å². The van der Waals surface area contributed by atoms with Crippen molar-refractivity contribution in [1.29, 1.82) is 0 Å². The number of fused-ring (bicyclic) bond motifs is 4. The smallest absolute Gasteiger partial charge is 0.283 e. The molecule has 0 amide bonds. The van der Waals surface area contributed by atoms with Crippen LogP contribution < -0.4 is 15.2 Å². The van der Waals surface area contributed by atoms with Crippen LogP contribution in [0.5, 0.6) is 17.2 Å². The van der Waals surface area contributed by atoms with E-state index in [1.807, 2.05) is 30.3 Å². The van der Waals surface area contributed by atoms with Crippen molar-refractivity contribution in [2.24, 2.45) is 16.1 Å². The maximum atomic E-state index is 15.2. The fraction of sp³-hybridized carbons (Fsp3) is 0.280. The molecule has 0 saturated carbocycles. The number of hydrogen-bond acceptors (Lipinski definition) is 6. The molecule has 0 saturated heterocycles. The van der Waals surface area contributed by atoms with E-state index >= 15 is 4.39 Å². The molecular formula is C25H24FN3O3. The Bertz CT molecular complexity index is 1220. The van der Waals surface area contributed by atoms with Gasteiger partial charge in [-0.05, 0) is 35.2 Å². The predicted molar refractivity (Wildman–Crippen MR) is 119 cm³/mol. The van der Waals surface area contributed by atoms with Gasteiger partial charge in [0.2, 0.25) is 0 Å². The maximum Gasteiger partial charge on any atom is 0.283 e. The van der Waals surface area contributed by atoms with E-state index in [9.17, 15) is 0 Å². The molecule has 2 aromatic carbocycles. The number of halogens is 1. The fourth-order valence-electron chi connectivity index (χ4n) is 3.98. The van der Waals surface area contributed by atoms with E-state index in [2.05, 4.69) is 30.7 Å².